The standard InChI is InChI=1S/C21H22F4N4O2/c1-12-10-29(11-17(31-12)13-3-5-14(22)6-4-13)21(26-2)27-9-18(30)28-16-8-7-15(23)19(24)20(16)25/h3-8,12,17H,9-11H2,1-2H3,(H,26,27)(H,28,30). The van der Waals surface area contributed by atoms with Gasteiger partial charge in [0, 0.05) is 13.6 Å². The van der Waals surface area contributed by atoms with Crippen molar-refractivity contribution in [2.24, 2.45) is 4.99 Å². The van der Waals surface area contributed by atoms with E-state index in [9.17, 15) is 22.4 Å². The van der Waals surface area contributed by atoms with Crippen LogP contribution in [0.5, 0.6) is 0 Å². The summed E-state index contributed by atoms with van der Waals surface area (Å²) in [5.74, 6) is -5.07. The molecule has 0 radical (unpaired) electrons. The number of aliphatic imine (C=N–C) groups is 1. The molecule has 0 spiro atoms. The van der Waals surface area contributed by atoms with Gasteiger partial charge >= 0.3 is 0 Å². The predicted molar refractivity (Wildman–Crippen MR) is 108 cm³/mol. The average Bonchev–Trinajstić information content (AvgIpc) is 2.75. The van der Waals surface area contributed by atoms with Gasteiger partial charge in [-0.3, -0.25) is 9.79 Å². The number of carbonyl (C=O) groups excluding carboxylic acids is 1. The number of guanidine groups is 1. The van der Waals surface area contributed by atoms with Crippen LogP contribution in [0.2, 0.25) is 0 Å². The Bertz CT molecular complexity index is 969. The minimum atomic E-state index is -1.66. The van der Waals surface area contributed by atoms with Gasteiger partial charge in [0.05, 0.1) is 24.9 Å². The average molecular weight is 438 g/mol. The molecule has 0 bridgehead atoms. The van der Waals surface area contributed by atoms with E-state index in [0.29, 0.717) is 19.0 Å². The van der Waals surface area contributed by atoms with E-state index in [1.165, 1.54) is 12.1 Å². The van der Waals surface area contributed by atoms with Gasteiger partial charge in [-0.25, -0.2) is 17.6 Å². The highest BCUT2D eigenvalue weighted by atomic mass is 19.2. The summed E-state index contributed by atoms with van der Waals surface area (Å²) < 4.78 is 59.2. The van der Waals surface area contributed by atoms with Crippen molar-refractivity contribution >= 4 is 17.6 Å². The summed E-state index contributed by atoms with van der Waals surface area (Å²) in [7, 11) is 1.54. The largest absolute Gasteiger partial charge is 0.367 e. The molecule has 3 rings (SSSR count). The summed E-state index contributed by atoms with van der Waals surface area (Å²) in [5.41, 5.74) is 0.344. The van der Waals surface area contributed by atoms with E-state index >= 15 is 0 Å². The van der Waals surface area contributed by atoms with E-state index in [-0.39, 0.29) is 24.6 Å². The Kier molecular flexibility index (Phi) is 7.11. The minimum Gasteiger partial charge on any atom is -0.367 e. The molecule has 2 unspecified atom stereocenters. The summed E-state index contributed by atoms with van der Waals surface area (Å²) in [5, 5.41) is 5.06. The summed E-state index contributed by atoms with van der Waals surface area (Å²) in [6.45, 7) is 2.51. The number of ether oxygens (including phenoxy) is 1. The van der Waals surface area contributed by atoms with Crippen LogP contribution in [0.15, 0.2) is 41.4 Å². The Balaban J connectivity index is 1.62. The van der Waals surface area contributed by atoms with Crippen LogP contribution in [0.25, 0.3) is 0 Å². The van der Waals surface area contributed by atoms with Crippen molar-refractivity contribution in [3.8, 4) is 0 Å². The van der Waals surface area contributed by atoms with Crippen molar-refractivity contribution in [3.05, 3.63) is 65.2 Å². The lowest BCUT2D eigenvalue weighted by molar-refractivity contribution is -0.115. The third kappa shape index (κ3) is 5.52. The van der Waals surface area contributed by atoms with Crippen LogP contribution < -0.4 is 10.6 Å². The molecule has 166 valence electrons. The van der Waals surface area contributed by atoms with Crippen LogP contribution in [-0.4, -0.2) is 49.6 Å². The number of morpholine rings is 1. The van der Waals surface area contributed by atoms with Crippen LogP contribution in [0.3, 0.4) is 0 Å². The Morgan fingerprint density at radius 3 is 2.48 bits per heavy atom. The predicted octanol–water partition coefficient (Wildman–Crippen LogP) is 3.22. The van der Waals surface area contributed by atoms with E-state index in [0.717, 1.165) is 17.7 Å². The lowest BCUT2D eigenvalue weighted by Gasteiger charge is -2.38. The Morgan fingerprint density at radius 1 is 1.10 bits per heavy atom. The Morgan fingerprint density at radius 2 is 1.81 bits per heavy atom. The van der Waals surface area contributed by atoms with Gasteiger partial charge in [0.2, 0.25) is 5.91 Å². The second kappa shape index (κ2) is 9.78. The number of amides is 1. The summed E-state index contributed by atoms with van der Waals surface area (Å²) in [6.07, 6.45) is -0.486. The maximum atomic E-state index is 13.7. The van der Waals surface area contributed by atoms with E-state index in [2.05, 4.69) is 15.6 Å². The molecule has 0 saturated carbocycles. The van der Waals surface area contributed by atoms with E-state index in [1.54, 1.807) is 19.2 Å². The molecule has 1 aliphatic heterocycles. The molecule has 1 aliphatic rings. The van der Waals surface area contributed by atoms with E-state index in [1.807, 2.05) is 11.8 Å². The second-order valence-corrected chi connectivity index (χ2v) is 7.06. The zero-order valence-electron chi connectivity index (χ0n) is 17.0. The van der Waals surface area contributed by atoms with Crippen molar-refractivity contribution in [3.63, 3.8) is 0 Å². The fourth-order valence-electron chi connectivity index (χ4n) is 3.29. The number of halogens is 4. The molecule has 10 heteroatoms. The molecule has 6 nitrogen and oxygen atoms in total. The first-order valence-electron chi connectivity index (χ1n) is 9.58. The molecule has 0 aromatic heterocycles. The Hall–Kier alpha value is -3.14. The number of carbonyl (C=O) groups is 1. The Labute approximate surface area is 176 Å². The third-order valence-electron chi connectivity index (χ3n) is 4.73. The smallest absolute Gasteiger partial charge is 0.243 e. The summed E-state index contributed by atoms with van der Waals surface area (Å²) in [6, 6.07) is 7.68. The third-order valence-corrected chi connectivity index (χ3v) is 4.73. The van der Waals surface area contributed by atoms with Gasteiger partial charge in [-0.2, -0.15) is 0 Å². The number of anilines is 1. The van der Waals surface area contributed by atoms with Gasteiger partial charge in [-0.05, 0) is 36.8 Å². The fourth-order valence-corrected chi connectivity index (χ4v) is 3.29. The number of nitrogens with one attached hydrogen (secondary N) is 2. The molecular formula is C21H22F4N4O2. The van der Waals surface area contributed by atoms with Gasteiger partial charge < -0.3 is 20.3 Å². The molecule has 2 atom stereocenters. The molecule has 2 N–H and O–H groups in total. The van der Waals surface area contributed by atoms with Gasteiger partial charge in [-0.1, -0.05) is 12.1 Å². The zero-order valence-corrected chi connectivity index (χ0v) is 17.0. The van der Waals surface area contributed by atoms with Crippen LogP contribution in [0.4, 0.5) is 23.2 Å². The van der Waals surface area contributed by atoms with Crippen molar-refractivity contribution in [1.82, 2.24) is 10.2 Å². The minimum absolute atomic E-state index is 0.160. The number of benzene rings is 2. The lowest BCUT2D eigenvalue weighted by atomic mass is 10.1. The quantitative estimate of drug-likeness (QED) is 0.333. The van der Waals surface area contributed by atoms with Gasteiger partial charge in [0.1, 0.15) is 11.9 Å². The maximum Gasteiger partial charge on any atom is 0.243 e. The molecule has 1 fully saturated rings. The first kappa shape index (κ1) is 22.5. The van der Waals surface area contributed by atoms with Gasteiger partial charge in [-0.15, -0.1) is 0 Å². The van der Waals surface area contributed by atoms with Gasteiger partial charge in [0.15, 0.2) is 23.4 Å². The van der Waals surface area contributed by atoms with Crippen molar-refractivity contribution in [2.75, 3.05) is 32.0 Å². The first-order chi connectivity index (χ1) is 14.8. The van der Waals surface area contributed by atoms with Crippen molar-refractivity contribution < 1.29 is 27.1 Å². The summed E-state index contributed by atoms with van der Waals surface area (Å²) in [4.78, 5) is 18.2. The van der Waals surface area contributed by atoms with Crippen LogP contribution in [-0.2, 0) is 9.53 Å². The summed E-state index contributed by atoms with van der Waals surface area (Å²) >= 11 is 0. The number of hydrogen-bond donors (Lipinski definition) is 2. The van der Waals surface area contributed by atoms with E-state index in [4.69, 9.17) is 4.74 Å². The van der Waals surface area contributed by atoms with Crippen molar-refractivity contribution in [1.29, 1.82) is 0 Å². The van der Waals surface area contributed by atoms with Crippen LogP contribution in [0, 0.1) is 23.3 Å². The topological polar surface area (TPSA) is 66.0 Å². The number of nitrogens with zero attached hydrogens (tertiary/aromatic N) is 2. The number of hydrogen-bond acceptors (Lipinski definition) is 3. The number of rotatable bonds is 4. The molecular weight excluding hydrogens is 416 g/mol. The molecule has 0 aliphatic carbocycles. The molecule has 31 heavy (non-hydrogen) atoms. The SMILES string of the molecule is CN=C(NCC(=O)Nc1ccc(F)c(F)c1F)N1CC(C)OC(c2ccc(F)cc2)C1. The molecule has 2 aromatic rings. The fraction of sp³-hybridized carbons (Fsp3) is 0.333. The lowest BCUT2D eigenvalue weighted by Crippen LogP contribution is -2.51. The maximum absolute atomic E-state index is 13.7. The highest BCUT2D eigenvalue weighted by Crippen LogP contribution is 2.25. The van der Waals surface area contributed by atoms with Gasteiger partial charge in [0.25, 0.3) is 0 Å². The van der Waals surface area contributed by atoms with Crippen molar-refractivity contribution in [2.45, 2.75) is 19.1 Å². The zero-order chi connectivity index (χ0) is 22.5. The van der Waals surface area contributed by atoms with E-state index < -0.39 is 29.0 Å². The van der Waals surface area contributed by atoms with Crippen LogP contribution >= 0.6 is 0 Å². The molecule has 1 amide bonds. The highest BCUT2D eigenvalue weighted by Gasteiger charge is 2.28. The molecule has 1 heterocycles. The molecule has 2 aromatic carbocycles. The normalized spacial score (nSPS) is 19.3. The highest BCUT2D eigenvalue weighted by molar-refractivity contribution is 5.95. The molecule has 1 saturated heterocycles. The van der Waals surface area contributed by atoms with Crippen LogP contribution in [0.1, 0.15) is 18.6 Å². The monoisotopic (exact) mass is 438 g/mol. The second-order valence-electron chi connectivity index (χ2n) is 7.06. The first-order valence-corrected chi connectivity index (χ1v) is 9.58.